The van der Waals surface area contributed by atoms with Gasteiger partial charge in [-0.2, -0.15) is 0 Å². The van der Waals surface area contributed by atoms with Crippen LogP contribution >= 0.6 is 0 Å². The van der Waals surface area contributed by atoms with Crippen LogP contribution in [0.4, 0.5) is 0 Å². The van der Waals surface area contributed by atoms with E-state index in [9.17, 15) is 4.79 Å². The van der Waals surface area contributed by atoms with E-state index in [2.05, 4.69) is 39.9 Å². The largest absolute Gasteiger partial charge is 0.375 e. The molecule has 0 aliphatic rings. The van der Waals surface area contributed by atoms with Crippen molar-refractivity contribution >= 4 is 5.91 Å². The van der Waals surface area contributed by atoms with E-state index >= 15 is 0 Å². The van der Waals surface area contributed by atoms with E-state index in [-0.39, 0.29) is 11.5 Å². The van der Waals surface area contributed by atoms with Gasteiger partial charge in [0, 0.05) is 19.6 Å². The molecule has 0 rings (SSSR count). The summed E-state index contributed by atoms with van der Waals surface area (Å²) in [6, 6.07) is 0. The summed E-state index contributed by atoms with van der Waals surface area (Å²) in [6.07, 6.45) is 6.81. The summed E-state index contributed by atoms with van der Waals surface area (Å²) >= 11 is 0. The lowest BCUT2D eigenvalue weighted by Gasteiger charge is -2.29. The van der Waals surface area contributed by atoms with Crippen molar-refractivity contribution < 1.29 is 9.53 Å². The van der Waals surface area contributed by atoms with Gasteiger partial charge in [0.05, 0.1) is 5.60 Å². The van der Waals surface area contributed by atoms with Gasteiger partial charge in [-0.1, -0.05) is 40.5 Å². The van der Waals surface area contributed by atoms with Crippen LogP contribution in [0.3, 0.4) is 0 Å². The fraction of sp³-hybridized carbons (Fsp3) is 0.941. The number of nitrogens with one attached hydrogen (secondary N) is 1. The van der Waals surface area contributed by atoms with Crippen LogP contribution in [0.1, 0.15) is 79.6 Å². The first kappa shape index (κ1) is 19.4. The second kappa shape index (κ2) is 11.1. The molecule has 2 atom stereocenters. The number of ether oxygens (including phenoxy) is 1. The molecule has 2 unspecified atom stereocenters. The zero-order valence-electron chi connectivity index (χ0n) is 14.3. The van der Waals surface area contributed by atoms with Crippen molar-refractivity contribution in [2.45, 2.75) is 85.2 Å². The monoisotopic (exact) mass is 285 g/mol. The number of hydrogen-bond donors (Lipinski definition) is 1. The van der Waals surface area contributed by atoms with E-state index in [1.165, 1.54) is 6.42 Å². The molecule has 0 radical (unpaired) electrons. The van der Waals surface area contributed by atoms with Gasteiger partial charge in [0.1, 0.15) is 0 Å². The maximum atomic E-state index is 11.7. The van der Waals surface area contributed by atoms with Gasteiger partial charge in [-0.05, 0) is 38.5 Å². The average molecular weight is 285 g/mol. The lowest BCUT2D eigenvalue weighted by Crippen LogP contribution is -2.32. The predicted octanol–water partition coefficient (Wildman–Crippen LogP) is 4.30. The minimum Gasteiger partial charge on any atom is -0.375 e. The summed E-state index contributed by atoms with van der Waals surface area (Å²) in [6.45, 7) is 12.5. The van der Waals surface area contributed by atoms with Gasteiger partial charge in [0.25, 0.3) is 0 Å². The van der Waals surface area contributed by atoms with Gasteiger partial charge < -0.3 is 10.1 Å². The van der Waals surface area contributed by atoms with E-state index < -0.39 is 0 Å². The summed E-state index contributed by atoms with van der Waals surface area (Å²) in [5, 5.41) is 2.97. The normalized spacial score (nSPS) is 15.7. The molecule has 0 spiro atoms. The first-order valence-electron chi connectivity index (χ1n) is 8.38. The standard InChI is InChI=1S/C17H35NO2/c1-6-9-13-18-16(19)10-12-17(5,8-3)20-14-11-15(4)7-2/h15H,6-14H2,1-5H3,(H,18,19). The molecule has 3 heteroatoms. The van der Waals surface area contributed by atoms with Crippen molar-refractivity contribution in [2.75, 3.05) is 13.2 Å². The van der Waals surface area contributed by atoms with Gasteiger partial charge in [0.15, 0.2) is 0 Å². The third-order valence-electron chi connectivity index (χ3n) is 4.24. The van der Waals surface area contributed by atoms with Crippen LogP contribution in [0.5, 0.6) is 0 Å². The molecular weight excluding hydrogens is 250 g/mol. The summed E-state index contributed by atoms with van der Waals surface area (Å²) in [5.74, 6) is 0.872. The van der Waals surface area contributed by atoms with Gasteiger partial charge >= 0.3 is 0 Å². The highest BCUT2D eigenvalue weighted by atomic mass is 16.5. The first-order chi connectivity index (χ1) is 9.47. The summed E-state index contributed by atoms with van der Waals surface area (Å²) in [4.78, 5) is 11.7. The number of unbranched alkanes of at least 4 members (excludes halogenated alkanes) is 1. The third kappa shape index (κ3) is 9.35. The van der Waals surface area contributed by atoms with Crippen LogP contribution in [0, 0.1) is 5.92 Å². The fourth-order valence-corrected chi connectivity index (χ4v) is 1.93. The molecule has 1 amide bonds. The van der Waals surface area contributed by atoms with Crippen LogP contribution in [-0.2, 0) is 9.53 Å². The molecule has 0 aliphatic carbocycles. The predicted molar refractivity (Wildman–Crippen MR) is 85.9 cm³/mol. The zero-order chi connectivity index (χ0) is 15.4. The van der Waals surface area contributed by atoms with Crippen molar-refractivity contribution in [3.63, 3.8) is 0 Å². The molecule has 20 heavy (non-hydrogen) atoms. The smallest absolute Gasteiger partial charge is 0.220 e. The second-order valence-electron chi connectivity index (χ2n) is 6.16. The van der Waals surface area contributed by atoms with E-state index in [0.29, 0.717) is 12.3 Å². The quantitative estimate of drug-likeness (QED) is 0.543. The van der Waals surface area contributed by atoms with Crippen molar-refractivity contribution in [3.8, 4) is 0 Å². The Morgan fingerprint density at radius 1 is 1.30 bits per heavy atom. The van der Waals surface area contributed by atoms with Crippen molar-refractivity contribution in [2.24, 2.45) is 5.92 Å². The number of carbonyl (C=O) groups is 1. The van der Waals surface area contributed by atoms with Crippen LogP contribution < -0.4 is 5.32 Å². The third-order valence-corrected chi connectivity index (χ3v) is 4.24. The fourth-order valence-electron chi connectivity index (χ4n) is 1.93. The van der Waals surface area contributed by atoms with Gasteiger partial charge in [-0.25, -0.2) is 0 Å². The molecule has 3 nitrogen and oxygen atoms in total. The Morgan fingerprint density at radius 2 is 2.00 bits per heavy atom. The molecule has 0 aliphatic heterocycles. The molecule has 0 bridgehead atoms. The topological polar surface area (TPSA) is 38.3 Å². The Kier molecular flexibility index (Phi) is 10.8. The lowest BCUT2D eigenvalue weighted by atomic mass is 9.96. The summed E-state index contributed by atoms with van der Waals surface area (Å²) in [7, 11) is 0. The number of hydrogen-bond acceptors (Lipinski definition) is 2. The second-order valence-corrected chi connectivity index (χ2v) is 6.16. The molecule has 0 aromatic rings. The molecule has 0 fully saturated rings. The Labute approximate surface area is 125 Å². The highest BCUT2D eigenvalue weighted by Crippen LogP contribution is 2.23. The Balaban J connectivity index is 3.94. The Bertz CT molecular complexity index is 255. The SMILES string of the molecule is CCCCNC(=O)CCC(C)(CC)OCCC(C)CC. The van der Waals surface area contributed by atoms with Crippen molar-refractivity contribution in [3.05, 3.63) is 0 Å². The van der Waals surface area contributed by atoms with Crippen molar-refractivity contribution in [1.29, 1.82) is 0 Å². The van der Waals surface area contributed by atoms with Crippen molar-refractivity contribution in [1.82, 2.24) is 5.32 Å². The Hall–Kier alpha value is -0.570. The Morgan fingerprint density at radius 3 is 2.55 bits per heavy atom. The minimum atomic E-state index is -0.157. The van der Waals surface area contributed by atoms with Gasteiger partial charge in [0.2, 0.25) is 5.91 Å². The van der Waals surface area contributed by atoms with Crippen LogP contribution in [0.25, 0.3) is 0 Å². The zero-order valence-corrected chi connectivity index (χ0v) is 14.3. The molecule has 0 saturated heterocycles. The highest BCUT2D eigenvalue weighted by molar-refractivity contribution is 5.75. The maximum absolute atomic E-state index is 11.7. The average Bonchev–Trinajstić information content (AvgIpc) is 2.45. The molecule has 1 N–H and O–H groups in total. The summed E-state index contributed by atoms with van der Waals surface area (Å²) < 4.78 is 6.05. The number of carbonyl (C=O) groups excluding carboxylic acids is 1. The first-order valence-corrected chi connectivity index (χ1v) is 8.38. The van der Waals surface area contributed by atoms with Crippen LogP contribution in [0.15, 0.2) is 0 Å². The number of amides is 1. The van der Waals surface area contributed by atoms with Crippen LogP contribution in [-0.4, -0.2) is 24.7 Å². The molecule has 0 saturated carbocycles. The number of rotatable bonds is 12. The molecule has 0 heterocycles. The molecule has 0 aromatic carbocycles. The highest BCUT2D eigenvalue weighted by Gasteiger charge is 2.23. The molecule has 0 aromatic heterocycles. The van der Waals surface area contributed by atoms with E-state index in [1.807, 2.05) is 0 Å². The molecular formula is C17H35NO2. The maximum Gasteiger partial charge on any atom is 0.220 e. The minimum absolute atomic E-state index is 0.156. The van der Waals surface area contributed by atoms with Gasteiger partial charge in [-0.15, -0.1) is 0 Å². The van der Waals surface area contributed by atoms with E-state index in [1.54, 1.807) is 0 Å². The van der Waals surface area contributed by atoms with E-state index in [4.69, 9.17) is 4.74 Å². The van der Waals surface area contributed by atoms with Gasteiger partial charge in [-0.3, -0.25) is 4.79 Å². The summed E-state index contributed by atoms with van der Waals surface area (Å²) in [5.41, 5.74) is -0.157. The van der Waals surface area contributed by atoms with E-state index in [0.717, 1.165) is 45.3 Å². The lowest BCUT2D eigenvalue weighted by molar-refractivity contribution is -0.123. The van der Waals surface area contributed by atoms with Crippen LogP contribution in [0.2, 0.25) is 0 Å². The molecule has 120 valence electrons.